The average Bonchev–Trinajstić information content (AvgIpc) is 3.52. The van der Waals surface area contributed by atoms with E-state index in [2.05, 4.69) is 122 Å². The SMILES string of the molecule is C=CC(CN(C)C1Cn2c3ccccc3c3c(C=O)c(CNC)c4c5ccccc5n(c4c32)C1OC)C(C)(C)CC.CC.CCC. The molecule has 2 aromatic heterocycles. The van der Waals surface area contributed by atoms with Gasteiger partial charge in [-0.05, 0) is 43.1 Å². The number of ether oxygens (including phenoxy) is 1. The first-order valence-corrected chi connectivity index (χ1v) is 17.2. The molecule has 6 nitrogen and oxygen atoms in total. The van der Waals surface area contributed by atoms with Crippen molar-refractivity contribution < 1.29 is 9.53 Å². The van der Waals surface area contributed by atoms with Gasteiger partial charge < -0.3 is 19.2 Å². The van der Waals surface area contributed by atoms with E-state index in [4.69, 9.17) is 4.74 Å². The molecule has 0 saturated heterocycles. The predicted molar refractivity (Wildman–Crippen MR) is 198 cm³/mol. The number of carbonyl (C=O) groups is 1. The van der Waals surface area contributed by atoms with E-state index in [1.54, 1.807) is 0 Å². The maximum Gasteiger partial charge on any atom is 0.151 e. The normalized spacial score (nSPS) is 16.8. The summed E-state index contributed by atoms with van der Waals surface area (Å²) in [5, 5.41) is 7.79. The zero-order valence-electron chi connectivity index (χ0n) is 29.9. The fourth-order valence-electron chi connectivity index (χ4n) is 7.27. The molecule has 5 aromatic rings. The van der Waals surface area contributed by atoms with Gasteiger partial charge in [-0.3, -0.25) is 9.69 Å². The Morgan fingerprint density at radius 1 is 1.02 bits per heavy atom. The third-order valence-corrected chi connectivity index (χ3v) is 9.92. The summed E-state index contributed by atoms with van der Waals surface area (Å²) in [6.45, 7) is 21.6. The molecular formula is C40H56N4O2. The van der Waals surface area contributed by atoms with Crippen LogP contribution in [-0.4, -0.2) is 54.1 Å². The van der Waals surface area contributed by atoms with Crippen LogP contribution in [0.15, 0.2) is 61.2 Å². The molecule has 1 N–H and O–H groups in total. The molecule has 3 aromatic carbocycles. The van der Waals surface area contributed by atoms with E-state index in [1.807, 2.05) is 28.0 Å². The second-order valence-electron chi connectivity index (χ2n) is 13.0. The summed E-state index contributed by atoms with van der Waals surface area (Å²) in [5.74, 6) is 0.326. The first kappa shape index (κ1) is 35.4. The van der Waals surface area contributed by atoms with Crippen LogP contribution < -0.4 is 5.32 Å². The number of hydrogen-bond donors (Lipinski definition) is 1. The van der Waals surface area contributed by atoms with E-state index in [0.29, 0.717) is 12.5 Å². The molecule has 0 bridgehead atoms. The molecule has 3 unspecified atom stereocenters. The molecule has 1 aliphatic rings. The van der Waals surface area contributed by atoms with E-state index >= 15 is 0 Å². The molecule has 0 aliphatic carbocycles. The first-order chi connectivity index (χ1) is 22.2. The van der Waals surface area contributed by atoms with Crippen LogP contribution in [0, 0.1) is 11.3 Å². The van der Waals surface area contributed by atoms with Gasteiger partial charge >= 0.3 is 0 Å². The number of likely N-dealkylation sites (N-methyl/N-ethyl adjacent to an activating group) is 1. The number of para-hydroxylation sites is 2. The predicted octanol–water partition coefficient (Wildman–Crippen LogP) is 9.57. The van der Waals surface area contributed by atoms with E-state index < -0.39 is 0 Å². The van der Waals surface area contributed by atoms with Gasteiger partial charge in [-0.1, -0.05) is 104 Å². The van der Waals surface area contributed by atoms with Crippen LogP contribution in [0.25, 0.3) is 43.6 Å². The summed E-state index contributed by atoms with van der Waals surface area (Å²) in [7, 11) is 6.00. The van der Waals surface area contributed by atoms with Crippen molar-refractivity contribution in [1.82, 2.24) is 19.4 Å². The lowest BCUT2D eigenvalue weighted by atomic mass is 9.76. The Kier molecular flexibility index (Phi) is 11.5. The molecule has 248 valence electrons. The summed E-state index contributed by atoms with van der Waals surface area (Å²) in [4.78, 5) is 15.4. The van der Waals surface area contributed by atoms with E-state index in [-0.39, 0.29) is 17.7 Å². The minimum absolute atomic E-state index is 0.0351. The Morgan fingerprint density at radius 2 is 1.61 bits per heavy atom. The summed E-state index contributed by atoms with van der Waals surface area (Å²) in [6, 6.07) is 17.1. The Bertz CT molecular complexity index is 1810. The number of aromatic nitrogens is 2. The zero-order chi connectivity index (χ0) is 33.8. The van der Waals surface area contributed by atoms with Crippen molar-refractivity contribution in [3.8, 4) is 0 Å². The second kappa shape index (κ2) is 15.0. The van der Waals surface area contributed by atoms with Crippen molar-refractivity contribution in [2.75, 3.05) is 27.7 Å². The molecular weight excluding hydrogens is 568 g/mol. The van der Waals surface area contributed by atoms with Crippen molar-refractivity contribution >= 4 is 49.9 Å². The number of carbonyl (C=O) groups excluding carboxylic acids is 1. The monoisotopic (exact) mass is 624 g/mol. The van der Waals surface area contributed by atoms with E-state index in [0.717, 1.165) is 80.5 Å². The highest BCUT2D eigenvalue weighted by atomic mass is 16.5. The quantitative estimate of drug-likeness (QED) is 0.124. The molecule has 0 radical (unpaired) electrons. The lowest BCUT2D eigenvalue weighted by molar-refractivity contribution is -0.0315. The number of aldehydes is 1. The molecule has 1 aliphatic heterocycles. The van der Waals surface area contributed by atoms with Crippen LogP contribution in [0.5, 0.6) is 0 Å². The van der Waals surface area contributed by atoms with Crippen molar-refractivity contribution in [1.29, 1.82) is 0 Å². The number of methoxy groups -OCH3 is 1. The maximum absolute atomic E-state index is 12.9. The number of nitrogens with one attached hydrogen (secondary N) is 1. The van der Waals surface area contributed by atoms with Gasteiger partial charge in [0.05, 0.1) is 22.6 Å². The van der Waals surface area contributed by atoms with Gasteiger partial charge in [-0.15, -0.1) is 6.58 Å². The number of rotatable bonds is 10. The molecule has 0 saturated carbocycles. The molecule has 6 heteroatoms. The molecule has 6 rings (SSSR count). The molecule has 3 heterocycles. The van der Waals surface area contributed by atoms with Gasteiger partial charge in [-0.25, -0.2) is 0 Å². The lowest BCUT2D eigenvalue weighted by Crippen LogP contribution is -2.45. The molecule has 3 atom stereocenters. The first-order valence-electron chi connectivity index (χ1n) is 17.2. The summed E-state index contributed by atoms with van der Waals surface area (Å²) >= 11 is 0. The number of hydrogen-bond acceptors (Lipinski definition) is 4. The number of benzene rings is 3. The maximum atomic E-state index is 12.9. The van der Waals surface area contributed by atoms with Gasteiger partial charge in [0.1, 0.15) is 0 Å². The minimum atomic E-state index is -0.232. The van der Waals surface area contributed by atoms with Crippen LogP contribution in [0.4, 0.5) is 0 Å². The Labute approximate surface area is 276 Å². The molecule has 0 spiro atoms. The topological polar surface area (TPSA) is 51.4 Å². The largest absolute Gasteiger partial charge is 0.359 e. The van der Waals surface area contributed by atoms with Crippen LogP contribution in [0.3, 0.4) is 0 Å². The van der Waals surface area contributed by atoms with Gasteiger partial charge in [0, 0.05) is 59.4 Å². The average molecular weight is 625 g/mol. The third kappa shape index (κ3) is 5.80. The van der Waals surface area contributed by atoms with Crippen LogP contribution in [-0.2, 0) is 17.8 Å². The van der Waals surface area contributed by atoms with Gasteiger partial charge in [0.2, 0.25) is 0 Å². The van der Waals surface area contributed by atoms with Crippen LogP contribution in [0.2, 0.25) is 0 Å². The molecule has 0 amide bonds. The molecule has 46 heavy (non-hydrogen) atoms. The third-order valence-electron chi connectivity index (χ3n) is 9.92. The van der Waals surface area contributed by atoms with E-state index in [1.165, 1.54) is 6.42 Å². The van der Waals surface area contributed by atoms with Crippen LogP contribution in [0.1, 0.15) is 83.5 Å². The Morgan fingerprint density at radius 3 is 2.15 bits per heavy atom. The highest BCUT2D eigenvalue weighted by Gasteiger charge is 2.38. The smallest absolute Gasteiger partial charge is 0.151 e. The lowest BCUT2D eigenvalue weighted by Gasteiger charge is -2.39. The minimum Gasteiger partial charge on any atom is -0.359 e. The van der Waals surface area contributed by atoms with Crippen molar-refractivity contribution in [2.24, 2.45) is 11.3 Å². The number of fused-ring (bicyclic) bond motifs is 6. The number of nitrogens with zero attached hydrogens (tertiary/aromatic N) is 3. The van der Waals surface area contributed by atoms with Gasteiger partial charge in [0.25, 0.3) is 0 Å². The second-order valence-corrected chi connectivity index (χ2v) is 13.0. The highest BCUT2D eigenvalue weighted by Crippen LogP contribution is 2.47. The van der Waals surface area contributed by atoms with Crippen LogP contribution >= 0.6 is 0 Å². The summed E-state index contributed by atoms with van der Waals surface area (Å²) in [5.41, 5.74) is 6.49. The fourth-order valence-corrected chi connectivity index (χ4v) is 7.27. The highest BCUT2D eigenvalue weighted by molar-refractivity contribution is 6.28. The van der Waals surface area contributed by atoms with E-state index in [9.17, 15) is 4.79 Å². The zero-order valence-corrected chi connectivity index (χ0v) is 29.9. The standard InChI is InChI=1S/C35H42N4O2.C3H8.C2H6/c1-8-22(35(3,4)9-2)19-37(6)29-20-38-27-16-12-10-14-23(27)31-26(21-40)25(18-36-5)30-24-15-11-13-17-28(24)39(34(29)41-7)33(30)32(31)38;1-3-2;1-2/h8,10-17,21-22,29,34,36H,1,9,18-20H2,2-7H3;3H2,1-2H3;1-2H3. The van der Waals surface area contributed by atoms with Gasteiger partial charge in [-0.2, -0.15) is 0 Å². The van der Waals surface area contributed by atoms with Crippen molar-refractivity contribution in [3.05, 3.63) is 72.3 Å². The summed E-state index contributed by atoms with van der Waals surface area (Å²) < 4.78 is 11.4. The van der Waals surface area contributed by atoms with Gasteiger partial charge in [0.15, 0.2) is 12.5 Å². The van der Waals surface area contributed by atoms with Crippen molar-refractivity contribution in [3.63, 3.8) is 0 Å². The Balaban J connectivity index is 0.000000908. The fraction of sp³-hybridized carbons (Fsp3) is 0.475. The Hall–Kier alpha value is -3.45. The molecule has 0 fully saturated rings. The van der Waals surface area contributed by atoms with Crippen molar-refractivity contribution in [2.45, 2.75) is 86.7 Å². The summed E-state index contributed by atoms with van der Waals surface area (Å²) in [6.07, 6.45) is 5.29.